The van der Waals surface area contributed by atoms with Crippen LogP contribution < -0.4 is 4.90 Å². The molecule has 1 heterocycles. The lowest BCUT2D eigenvalue weighted by Gasteiger charge is -2.29. The number of amides is 3. The molecule has 0 radical (unpaired) electrons. The van der Waals surface area contributed by atoms with E-state index >= 15 is 0 Å². The van der Waals surface area contributed by atoms with Crippen molar-refractivity contribution in [2.24, 2.45) is 0 Å². The third-order valence-electron chi connectivity index (χ3n) is 6.57. The first-order valence-corrected chi connectivity index (χ1v) is 11.8. The Balaban J connectivity index is 1.39. The molecule has 5 heteroatoms. The second-order valence-electron chi connectivity index (χ2n) is 8.93. The molecule has 0 fully saturated rings. The van der Waals surface area contributed by atoms with Crippen LogP contribution in [-0.4, -0.2) is 35.7 Å². The predicted molar refractivity (Wildman–Crippen MR) is 138 cm³/mol. The molecule has 1 aliphatic rings. The van der Waals surface area contributed by atoms with Crippen LogP contribution in [0.25, 0.3) is 10.8 Å². The summed E-state index contributed by atoms with van der Waals surface area (Å²) >= 11 is 0. The largest absolute Gasteiger partial charge is 0.308 e. The second kappa shape index (κ2) is 9.18. The lowest BCUT2D eigenvalue weighted by Crippen LogP contribution is -2.42. The standard InChI is InChI=1S/C30H26N2O3/c1-20-14-16-23(17-15-20)28(33)31(26-13-4-3-8-21(26)2)18-7-19-32-29(34)24-11-5-9-22-10-6-12-25(27(22)24)30(32)35/h3-6,8-17H,7,18-19H2,1-2H3. The third kappa shape index (κ3) is 4.10. The smallest absolute Gasteiger partial charge is 0.261 e. The zero-order chi connectivity index (χ0) is 24.5. The van der Waals surface area contributed by atoms with E-state index in [2.05, 4.69) is 0 Å². The zero-order valence-electron chi connectivity index (χ0n) is 19.8. The predicted octanol–water partition coefficient (Wildman–Crippen LogP) is 5.79. The van der Waals surface area contributed by atoms with Crippen LogP contribution in [0.5, 0.6) is 0 Å². The number of benzene rings is 4. The lowest BCUT2D eigenvalue weighted by molar-refractivity contribution is 0.0610. The lowest BCUT2D eigenvalue weighted by atomic mass is 9.94. The van der Waals surface area contributed by atoms with E-state index in [9.17, 15) is 14.4 Å². The van der Waals surface area contributed by atoms with Crippen LogP contribution in [0, 0.1) is 13.8 Å². The maximum Gasteiger partial charge on any atom is 0.261 e. The molecule has 174 valence electrons. The highest BCUT2D eigenvalue weighted by Gasteiger charge is 2.32. The van der Waals surface area contributed by atoms with Gasteiger partial charge < -0.3 is 4.90 Å². The fraction of sp³-hybridized carbons (Fsp3) is 0.167. The molecule has 0 bridgehead atoms. The van der Waals surface area contributed by atoms with Crippen LogP contribution in [0.4, 0.5) is 5.69 Å². The van der Waals surface area contributed by atoms with Crippen molar-refractivity contribution >= 4 is 34.2 Å². The van der Waals surface area contributed by atoms with E-state index in [-0.39, 0.29) is 24.3 Å². The topological polar surface area (TPSA) is 57.7 Å². The van der Waals surface area contributed by atoms with E-state index in [1.54, 1.807) is 17.0 Å². The number of carbonyl (C=O) groups excluding carboxylic acids is 3. The van der Waals surface area contributed by atoms with Gasteiger partial charge in [0, 0.05) is 40.9 Å². The molecule has 5 nitrogen and oxygen atoms in total. The summed E-state index contributed by atoms with van der Waals surface area (Å²) in [7, 11) is 0. The summed E-state index contributed by atoms with van der Waals surface area (Å²) in [6, 6.07) is 26.3. The Hall–Kier alpha value is -4.25. The number of carbonyl (C=O) groups is 3. The summed E-state index contributed by atoms with van der Waals surface area (Å²) in [5.41, 5.74) is 4.59. The van der Waals surface area contributed by atoms with Gasteiger partial charge in [-0.3, -0.25) is 19.3 Å². The minimum Gasteiger partial charge on any atom is -0.308 e. The van der Waals surface area contributed by atoms with Crippen molar-refractivity contribution in [1.29, 1.82) is 0 Å². The highest BCUT2D eigenvalue weighted by molar-refractivity contribution is 6.25. The van der Waals surface area contributed by atoms with Gasteiger partial charge in [0.1, 0.15) is 0 Å². The van der Waals surface area contributed by atoms with Crippen molar-refractivity contribution in [3.05, 3.63) is 113 Å². The van der Waals surface area contributed by atoms with Crippen molar-refractivity contribution < 1.29 is 14.4 Å². The SMILES string of the molecule is Cc1ccc(C(=O)N(CCCN2C(=O)c3cccc4cccc(c34)C2=O)c2ccccc2C)cc1. The first kappa shape index (κ1) is 22.5. The molecule has 0 atom stereocenters. The summed E-state index contributed by atoms with van der Waals surface area (Å²) < 4.78 is 0. The Morgan fingerprint density at radius 3 is 2.03 bits per heavy atom. The highest BCUT2D eigenvalue weighted by Crippen LogP contribution is 2.30. The number of hydrogen-bond acceptors (Lipinski definition) is 3. The number of imide groups is 1. The van der Waals surface area contributed by atoms with Crippen molar-refractivity contribution in [2.75, 3.05) is 18.0 Å². The molecular formula is C30H26N2O3. The fourth-order valence-corrected chi connectivity index (χ4v) is 4.72. The van der Waals surface area contributed by atoms with Crippen LogP contribution in [0.1, 0.15) is 48.6 Å². The molecule has 35 heavy (non-hydrogen) atoms. The van der Waals surface area contributed by atoms with Crippen LogP contribution >= 0.6 is 0 Å². The molecule has 5 rings (SSSR count). The summed E-state index contributed by atoms with van der Waals surface area (Å²) in [6.45, 7) is 4.56. The molecule has 0 saturated heterocycles. The van der Waals surface area contributed by atoms with E-state index in [0.717, 1.165) is 27.6 Å². The quantitative estimate of drug-likeness (QED) is 0.341. The van der Waals surface area contributed by atoms with Crippen LogP contribution in [0.15, 0.2) is 84.9 Å². The minimum atomic E-state index is -0.286. The van der Waals surface area contributed by atoms with Crippen LogP contribution in [0.3, 0.4) is 0 Å². The minimum absolute atomic E-state index is 0.106. The van der Waals surface area contributed by atoms with E-state index < -0.39 is 0 Å². The third-order valence-corrected chi connectivity index (χ3v) is 6.57. The van der Waals surface area contributed by atoms with E-state index in [1.807, 2.05) is 86.6 Å². The maximum absolute atomic E-state index is 13.5. The molecule has 0 aromatic heterocycles. The normalized spacial score (nSPS) is 12.8. The first-order valence-electron chi connectivity index (χ1n) is 11.8. The molecule has 0 N–H and O–H groups in total. The molecule has 3 amide bonds. The van der Waals surface area contributed by atoms with Gasteiger partial charge in [-0.15, -0.1) is 0 Å². The van der Waals surface area contributed by atoms with Crippen molar-refractivity contribution in [2.45, 2.75) is 20.3 Å². The molecule has 4 aromatic rings. The summed E-state index contributed by atoms with van der Waals surface area (Å²) in [5, 5.41) is 1.60. The Bertz CT molecular complexity index is 1410. The van der Waals surface area contributed by atoms with Gasteiger partial charge in [-0.2, -0.15) is 0 Å². The van der Waals surface area contributed by atoms with Crippen molar-refractivity contribution in [3.63, 3.8) is 0 Å². The van der Waals surface area contributed by atoms with Gasteiger partial charge in [0.2, 0.25) is 0 Å². The molecule has 0 unspecified atom stereocenters. The van der Waals surface area contributed by atoms with Crippen molar-refractivity contribution in [1.82, 2.24) is 4.90 Å². The van der Waals surface area contributed by atoms with Gasteiger partial charge >= 0.3 is 0 Å². The number of nitrogens with zero attached hydrogens (tertiary/aromatic N) is 2. The monoisotopic (exact) mass is 462 g/mol. The van der Waals surface area contributed by atoms with Gasteiger partial charge in [-0.05, 0) is 61.5 Å². The van der Waals surface area contributed by atoms with Gasteiger partial charge in [0.15, 0.2) is 0 Å². The van der Waals surface area contributed by atoms with Gasteiger partial charge in [-0.25, -0.2) is 0 Å². The fourth-order valence-electron chi connectivity index (χ4n) is 4.72. The molecule has 4 aromatic carbocycles. The van der Waals surface area contributed by atoms with Crippen molar-refractivity contribution in [3.8, 4) is 0 Å². The Kier molecular flexibility index (Phi) is 5.91. The Morgan fingerprint density at radius 2 is 1.40 bits per heavy atom. The zero-order valence-corrected chi connectivity index (χ0v) is 19.8. The van der Waals surface area contributed by atoms with Gasteiger partial charge in [0.05, 0.1) is 0 Å². The molecule has 0 aliphatic carbocycles. The van der Waals surface area contributed by atoms with E-state index in [0.29, 0.717) is 29.7 Å². The Labute approximate surface area is 204 Å². The van der Waals surface area contributed by atoms with Gasteiger partial charge in [0.25, 0.3) is 17.7 Å². The summed E-state index contributed by atoms with van der Waals surface area (Å²) in [5.74, 6) is -0.677. The molecule has 0 spiro atoms. The average molecular weight is 463 g/mol. The highest BCUT2D eigenvalue weighted by atomic mass is 16.2. The molecule has 0 saturated carbocycles. The number of anilines is 1. The number of para-hydroxylation sites is 1. The maximum atomic E-state index is 13.5. The number of hydrogen-bond donors (Lipinski definition) is 0. The summed E-state index contributed by atoms with van der Waals surface area (Å²) in [6.07, 6.45) is 0.460. The van der Waals surface area contributed by atoms with Gasteiger partial charge in [-0.1, -0.05) is 60.2 Å². The van der Waals surface area contributed by atoms with E-state index in [1.165, 1.54) is 4.90 Å². The molecular weight excluding hydrogens is 436 g/mol. The number of rotatable bonds is 6. The first-order chi connectivity index (χ1) is 17.0. The average Bonchev–Trinajstić information content (AvgIpc) is 2.87. The molecule has 1 aliphatic heterocycles. The van der Waals surface area contributed by atoms with Crippen LogP contribution in [0.2, 0.25) is 0 Å². The van der Waals surface area contributed by atoms with E-state index in [4.69, 9.17) is 0 Å². The summed E-state index contributed by atoms with van der Waals surface area (Å²) in [4.78, 5) is 43.0. The Morgan fingerprint density at radius 1 is 0.771 bits per heavy atom. The van der Waals surface area contributed by atoms with Crippen LogP contribution in [-0.2, 0) is 0 Å². The number of aryl methyl sites for hydroxylation is 2. The second-order valence-corrected chi connectivity index (χ2v) is 8.93.